The number of rotatable bonds is 14. The Hall–Kier alpha value is -6.93. The number of aromatic amines is 2. The van der Waals surface area contributed by atoms with E-state index in [1.54, 1.807) is 46.5 Å². The second-order valence-corrected chi connectivity index (χ2v) is 15.0. The Labute approximate surface area is 358 Å². The van der Waals surface area contributed by atoms with Gasteiger partial charge in [0.05, 0.1) is 50.6 Å². The molecule has 7 rings (SSSR count). The first kappa shape index (κ1) is 42.2. The molecule has 3 atom stereocenters. The number of H-pyrrole nitrogens is 2. The van der Waals surface area contributed by atoms with E-state index in [0.717, 1.165) is 46.5 Å². The van der Waals surface area contributed by atoms with Gasteiger partial charge in [-0.2, -0.15) is 0 Å². The Bertz CT molecular complexity index is 2450. The minimum absolute atomic E-state index is 0.193. The van der Waals surface area contributed by atoms with Crippen LogP contribution in [0, 0.1) is 0 Å². The van der Waals surface area contributed by atoms with Gasteiger partial charge in [0, 0.05) is 23.7 Å². The molecule has 61 heavy (non-hydrogen) atoms. The highest BCUT2D eigenvalue weighted by molar-refractivity contribution is 6.31. The normalized spacial score (nSPS) is 14.5. The number of nitrogens with zero attached hydrogens (tertiary/aromatic N) is 4. The highest BCUT2D eigenvalue weighted by Gasteiger charge is 2.37. The molecule has 1 saturated heterocycles. The van der Waals surface area contributed by atoms with Gasteiger partial charge in [-0.3, -0.25) is 9.59 Å². The third-order valence-corrected chi connectivity index (χ3v) is 11.0. The standard InChI is InChI=1S/C46H47ClN8O6/c1-4-24-54(43(56)41(53-46(59)61-3)34-13-8-9-14-35(34)47)28-39-48-26-36(50-39)31-20-16-29(17-21-31)30-18-22-32(23-19-30)37-27-49-42(51-37)38-15-10-25-55(38)44(57)40(52-45(58)60-2)33-11-6-5-7-12-33/h5-9,11-14,16-23,26-27,38,40-41H,4,10,15,24-25,28H2,1-3H3,(H,48,50)(H,49,51)(H,52,58)(H,53,59)/t38-,40+,41+/m0/s1. The topological polar surface area (TPSA) is 175 Å². The van der Waals surface area contributed by atoms with Crippen LogP contribution in [0.15, 0.2) is 116 Å². The van der Waals surface area contributed by atoms with Crippen LogP contribution in [0.5, 0.6) is 0 Å². The van der Waals surface area contributed by atoms with Crippen molar-refractivity contribution in [1.82, 2.24) is 40.4 Å². The first-order chi connectivity index (χ1) is 29.7. The fraction of sp³-hybridized carbons (Fsp3) is 0.261. The van der Waals surface area contributed by atoms with Gasteiger partial charge in [-0.1, -0.05) is 116 Å². The van der Waals surface area contributed by atoms with E-state index in [4.69, 9.17) is 26.1 Å². The summed E-state index contributed by atoms with van der Waals surface area (Å²) < 4.78 is 9.63. The van der Waals surface area contributed by atoms with Gasteiger partial charge in [0.25, 0.3) is 5.91 Å². The number of likely N-dealkylation sites (tertiary alicyclic amines) is 1. The molecule has 0 spiro atoms. The fourth-order valence-corrected chi connectivity index (χ4v) is 7.82. The Kier molecular flexibility index (Phi) is 13.4. The molecule has 0 unspecified atom stereocenters. The maximum absolute atomic E-state index is 13.9. The summed E-state index contributed by atoms with van der Waals surface area (Å²) in [4.78, 5) is 71.8. The number of alkyl carbamates (subject to hydrolysis) is 2. The van der Waals surface area contributed by atoms with Gasteiger partial charge in [0.1, 0.15) is 23.7 Å². The number of aromatic nitrogens is 4. The van der Waals surface area contributed by atoms with E-state index in [0.29, 0.717) is 47.3 Å². The zero-order valence-electron chi connectivity index (χ0n) is 34.1. The number of ether oxygens (including phenoxy) is 2. The van der Waals surface area contributed by atoms with Gasteiger partial charge in [0.15, 0.2) is 0 Å². The van der Waals surface area contributed by atoms with Gasteiger partial charge in [-0.25, -0.2) is 19.6 Å². The summed E-state index contributed by atoms with van der Waals surface area (Å²) in [6.45, 7) is 3.14. The monoisotopic (exact) mass is 842 g/mol. The van der Waals surface area contributed by atoms with Crippen LogP contribution >= 0.6 is 11.6 Å². The molecular weight excluding hydrogens is 796 g/mol. The lowest BCUT2D eigenvalue weighted by atomic mass is 10.0. The summed E-state index contributed by atoms with van der Waals surface area (Å²) in [6.07, 6.45) is 4.35. The number of carbonyl (C=O) groups excluding carboxylic acids is 4. The summed E-state index contributed by atoms with van der Waals surface area (Å²) in [5, 5.41) is 5.70. The average Bonchev–Trinajstić information content (AvgIpc) is 4.10. The van der Waals surface area contributed by atoms with E-state index in [1.807, 2.05) is 73.7 Å². The number of hydrogen-bond donors (Lipinski definition) is 4. The van der Waals surface area contributed by atoms with Crippen molar-refractivity contribution in [2.75, 3.05) is 27.3 Å². The zero-order valence-corrected chi connectivity index (χ0v) is 34.8. The highest BCUT2D eigenvalue weighted by Crippen LogP contribution is 2.35. The van der Waals surface area contributed by atoms with Crippen LogP contribution < -0.4 is 10.6 Å². The molecule has 4 amide bonds. The zero-order chi connectivity index (χ0) is 42.9. The molecule has 0 aliphatic carbocycles. The lowest BCUT2D eigenvalue weighted by molar-refractivity contribution is -0.135. The van der Waals surface area contributed by atoms with Crippen LogP contribution in [0.2, 0.25) is 5.02 Å². The molecule has 0 bridgehead atoms. The Morgan fingerprint density at radius 2 is 1.34 bits per heavy atom. The van der Waals surface area contributed by atoms with Crippen molar-refractivity contribution in [3.05, 3.63) is 143 Å². The van der Waals surface area contributed by atoms with Gasteiger partial charge in [-0.15, -0.1) is 0 Å². The molecule has 0 saturated carbocycles. The summed E-state index contributed by atoms with van der Waals surface area (Å²) in [5.74, 6) is 0.723. The number of nitrogens with one attached hydrogen (secondary N) is 4. The van der Waals surface area contributed by atoms with Crippen LogP contribution in [-0.2, 0) is 25.6 Å². The molecule has 15 heteroatoms. The van der Waals surface area contributed by atoms with Crippen molar-refractivity contribution in [1.29, 1.82) is 0 Å². The molecule has 14 nitrogen and oxygen atoms in total. The molecule has 6 aromatic rings. The number of imidazole rings is 2. The summed E-state index contributed by atoms with van der Waals surface area (Å²) >= 11 is 6.45. The number of methoxy groups -OCH3 is 2. The minimum atomic E-state index is -1.04. The number of benzene rings is 4. The molecule has 4 aromatic carbocycles. The van der Waals surface area contributed by atoms with E-state index in [9.17, 15) is 19.2 Å². The molecule has 0 radical (unpaired) electrons. The van der Waals surface area contributed by atoms with E-state index < -0.39 is 24.3 Å². The van der Waals surface area contributed by atoms with Crippen molar-refractivity contribution < 1.29 is 28.7 Å². The third kappa shape index (κ3) is 9.76. The largest absolute Gasteiger partial charge is 0.453 e. The molecule has 1 fully saturated rings. The van der Waals surface area contributed by atoms with Crippen LogP contribution in [-0.4, -0.2) is 81.0 Å². The van der Waals surface area contributed by atoms with E-state index in [-0.39, 0.29) is 24.4 Å². The van der Waals surface area contributed by atoms with Crippen LogP contribution in [0.25, 0.3) is 33.6 Å². The number of carbonyl (C=O) groups is 4. The molecule has 314 valence electrons. The van der Waals surface area contributed by atoms with Crippen molar-refractivity contribution in [2.24, 2.45) is 0 Å². The van der Waals surface area contributed by atoms with Crippen molar-refractivity contribution in [2.45, 2.75) is 50.9 Å². The highest BCUT2D eigenvalue weighted by atomic mass is 35.5. The van der Waals surface area contributed by atoms with Crippen molar-refractivity contribution >= 4 is 35.6 Å². The molecular formula is C46H47ClN8O6. The molecule has 1 aliphatic heterocycles. The maximum Gasteiger partial charge on any atom is 0.407 e. The quantitative estimate of drug-likeness (QED) is 0.0846. The lowest BCUT2D eigenvalue weighted by Crippen LogP contribution is -2.43. The van der Waals surface area contributed by atoms with Gasteiger partial charge in [0.2, 0.25) is 5.91 Å². The molecule has 3 heterocycles. The van der Waals surface area contributed by atoms with Gasteiger partial charge in [-0.05, 0) is 53.1 Å². The number of halogens is 1. The van der Waals surface area contributed by atoms with Crippen LogP contribution in [0.3, 0.4) is 0 Å². The van der Waals surface area contributed by atoms with E-state index in [1.165, 1.54) is 14.2 Å². The Morgan fingerprint density at radius 3 is 1.97 bits per heavy atom. The van der Waals surface area contributed by atoms with E-state index >= 15 is 0 Å². The minimum Gasteiger partial charge on any atom is -0.453 e. The predicted molar refractivity (Wildman–Crippen MR) is 231 cm³/mol. The summed E-state index contributed by atoms with van der Waals surface area (Å²) in [5.41, 5.74) is 6.70. The Morgan fingerprint density at radius 1 is 0.770 bits per heavy atom. The van der Waals surface area contributed by atoms with Crippen LogP contribution in [0.4, 0.5) is 9.59 Å². The second kappa shape index (κ2) is 19.4. The van der Waals surface area contributed by atoms with Crippen molar-refractivity contribution in [3.63, 3.8) is 0 Å². The maximum atomic E-state index is 13.9. The van der Waals surface area contributed by atoms with E-state index in [2.05, 4.69) is 37.7 Å². The van der Waals surface area contributed by atoms with Gasteiger partial charge >= 0.3 is 12.2 Å². The first-order valence-corrected chi connectivity index (χ1v) is 20.4. The summed E-state index contributed by atoms with van der Waals surface area (Å²) in [6, 6.07) is 30.1. The van der Waals surface area contributed by atoms with Crippen LogP contribution in [0.1, 0.15) is 67.1 Å². The Balaban J connectivity index is 1.01. The predicted octanol–water partition coefficient (Wildman–Crippen LogP) is 8.38. The first-order valence-electron chi connectivity index (χ1n) is 20.0. The molecule has 2 aromatic heterocycles. The number of amides is 4. The molecule has 1 aliphatic rings. The summed E-state index contributed by atoms with van der Waals surface area (Å²) in [7, 11) is 2.52. The lowest BCUT2D eigenvalue weighted by Gasteiger charge is -2.28. The van der Waals surface area contributed by atoms with Gasteiger partial charge < -0.3 is 39.9 Å². The van der Waals surface area contributed by atoms with Crippen molar-refractivity contribution in [3.8, 4) is 33.6 Å². The third-order valence-electron chi connectivity index (χ3n) is 10.7. The smallest absolute Gasteiger partial charge is 0.407 e. The molecule has 4 N–H and O–H groups in total. The second-order valence-electron chi connectivity index (χ2n) is 14.6. The SMILES string of the molecule is CCCN(Cc1ncc(-c2ccc(-c3ccc(-c4cnc([C@@H]5CCCN5C(=O)[C@H](NC(=O)OC)c5ccccc5)[nH]4)cc3)cc2)[nH]1)C(=O)[C@H](NC(=O)OC)c1ccccc1Cl. The average molecular weight is 843 g/mol. The fourth-order valence-electron chi connectivity index (χ4n) is 7.58. The number of hydrogen-bond acceptors (Lipinski definition) is 8.